The molecule has 2 nitrogen and oxygen atoms in total. The van der Waals surface area contributed by atoms with E-state index in [9.17, 15) is 0 Å². The van der Waals surface area contributed by atoms with Crippen LogP contribution in [0.15, 0.2) is 28.0 Å². The van der Waals surface area contributed by atoms with Crippen LogP contribution in [-0.2, 0) is 0 Å². The topological polar surface area (TPSA) is 40.5 Å². The first-order chi connectivity index (χ1) is 5.13. The van der Waals surface area contributed by atoms with Gasteiger partial charge in [-0.05, 0) is 12.1 Å². The summed E-state index contributed by atoms with van der Waals surface area (Å²) in [6.07, 6.45) is 0. The van der Waals surface area contributed by atoms with Crippen molar-refractivity contribution in [2.75, 3.05) is 0 Å². The summed E-state index contributed by atoms with van der Waals surface area (Å²) in [4.78, 5) is 1.07. The fraction of sp³-hybridized carbons (Fsp3) is 0. The first-order valence-corrected chi connectivity index (χ1v) is 3.89. The molecule has 0 radical (unpaired) electrons. The number of rotatable bonds is 1. The molecule has 2 N–H and O–H groups in total. The van der Waals surface area contributed by atoms with Crippen molar-refractivity contribution in [3.63, 3.8) is 0 Å². The third kappa shape index (κ3) is 1.93. The van der Waals surface area contributed by atoms with Gasteiger partial charge in [-0.25, -0.2) is 0 Å². The van der Waals surface area contributed by atoms with Gasteiger partial charge in [-0.15, -0.1) is 25.3 Å². The van der Waals surface area contributed by atoms with Crippen LogP contribution in [0, 0.1) is 0 Å². The maximum Gasteiger partial charge on any atom is 0.490 e. The Balaban J connectivity index is 3.21. The molecule has 0 saturated heterocycles. The molecule has 0 saturated carbocycles. The van der Waals surface area contributed by atoms with Crippen molar-refractivity contribution in [3.8, 4) is 0 Å². The molecule has 1 rings (SSSR count). The normalized spacial score (nSPS) is 9.82. The van der Waals surface area contributed by atoms with E-state index < -0.39 is 7.12 Å². The van der Waals surface area contributed by atoms with Crippen LogP contribution in [0.25, 0.3) is 0 Å². The maximum atomic E-state index is 8.84. The van der Waals surface area contributed by atoms with Gasteiger partial charge in [0.2, 0.25) is 0 Å². The fourth-order valence-corrected chi connectivity index (χ4v) is 1.54. The lowest BCUT2D eigenvalue weighted by atomic mass is 9.80. The zero-order valence-electron chi connectivity index (χ0n) is 5.60. The third-order valence-corrected chi connectivity index (χ3v) is 2.10. The van der Waals surface area contributed by atoms with E-state index in [-0.39, 0.29) is 0 Å². The summed E-state index contributed by atoms with van der Waals surface area (Å²) in [6, 6.07) is 5.10. The SMILES string of the molecule is OB(O)c1c(S)cccc1S. The second-order valence-corrected chi connectivity index (χ2v) is 3.05. The molecule has 0 aliphatic heterocycles. The van der Waals surface area contributed by atoms with Gasteiger partial charge in [-0.2, -0.15) is 0 Å². The van der Waals surface area contributed by atoms with Gasteiger partial charge in [-0.3, -0.25) is 0 Å². The standard InChI is InChI=1S/C6H7BO2S2/c8-7(9)6-4(10)2-1-3-5(6)11/h1-3,8-11H. The summed E-state index contributed by atoms with van der Waals surface area (Å²) in [5.41, 5.74) is 0.346. The van der Waals surface area contributed by atoms with E-state index in [4.69, 9.17) is 10.0 Å². The smallest absolute Gasteiger partial charge is 0.423 e. The number of benzene rings is 1. The highest BCUT2D eigenvalue weighted by Crippen LogP contribution is 2.09. The van der Waals surface area contributed by atoms with E-state index in [0.717, 1.165) is 0 Å². The Bertz CT molecular complexity index is 245. The van der Waals surface area contributed by atoms with Crippen LogP contribution in [0.2, 0.25) is 0 Å². The van der Waals surface area contributed by atoms with Crippen LogP contribution in [-0.4, -0.2) is 17.2 Å². The molecule has 0 aromatic heterocycles. The molecule has 0 aliphatic carbocycles. The van der Waals surface area contributed by atoms with Crippen molar-refractivity contribution in [2.24, 2.45) is 0 Å². The predicted molar refractivity (Wildman–Crippen MR) is 50.8 cm³/mol. The first-order valence-electron chi connectivity index (χ1n) is 3.00. The van der Waals surface area contributed by atoms with Crippen LogP contribution < -0.4 is 5.46 Å². The Labute approximate surface area is 76.2 Å². The molecule has 5 heteroatoms. The van der Waals surface area contributed by atoms with E-state index in [1.165, 1.54) is 0 Å². The van der Waals surface area contributed by atoms with E-state index >= 15 is 0 Å². The van der Waals surface area contributed by atoms with Crippen LogP contribution in [0.1, 0.15) is 0 Å². The van der Waals surface area contributed by atoms with Crippen molar-refractivity contribution in [3.05, 3.63) is 18.2 Å². The van der Waals surface area contributed by atoms with Crippen molar-refractivity contribution < 1.29 is 10.0 Å². The minimum atomic E-state index is -1.50. The monoisotopic (exact) mass is 186 g/mol. The van der Waals surface area contributed by atoms with Crippen molar-refractivity contribution >= 4 is 37.8 Å². The summed E-state index contributed by atoms with van der Waals surface area (Å²) in [6.45, 7) is 0. The molecule has 1 aromatic rings. The largest absolute Gasteiger partial charge is 0.490 e. The van der Waals surface area contributed by atoms with E-state index in [1.54, 1.807) is 18.2 Å². The zero-order chi connectivity index (χ0) is 8.43. The summed E-state index contributed by atoms with van der Waals surface area (Å²) >= 11 is 8.08. The molecule has 0 bridgehead atoms. The molecule has 1 aromatic carbocycles. The zero-order valence-corrected chi connectivity index (χ0v) is 7.39. The highest BCUT2D eigenvalue weighted by atomic mass is 32.1. The van der Waals surface area contributed by atoms with Gasteiger partial charge < -0.3 is 10.0 Å². The van der Waals surface area contributed by atoms with E-state index in [2.05, 4.69) is 25.3 Å². The van der Waals surface area contributed by atoms with E-state index in [1.807, 2.05) is 0 Å². The fourth-order valence-electron chi connectivity index (χ4n) is 0.806. The van der Waals surface area contributed by atoms with Crippen molar-refractivity contribution in [2.45, 2.75) is 9.79 Å². The van der Waals surface area contributed by atoms with Crippen LogP contribution in [0.3, 0.4) is 0 Å². The molecule has 0 unspecified atom stereocenters. The lowest BCUT2D eigenvalue weighted by Gasteiger charge is -2.05. The average molecular weight is 186 g/mol. The van der Waals surface area contributed by atoms with Crippen molar-refractivity contribution in [1.29, 1.82) is 0 Å². The molecule has 0 amide bonds. The molecule has 0 heterocycles. The Morgan fingerprint density at radius 2 is 1.55 bits per heavy atom. The summed E-state index contributed by atoms with van der Waals surface area (Å²) < 4.78 is 0. The Morgan fingerprint density at radius 1 is 1.09 bits per heavy atom. The number of hydrogen-bond donors (Lipinski definition) is 4. The van der Waals surface area contributed by atoms with Gasteiger partial charge in [0, 0.05) is 15.3 Å². The summed E-state index contributed by atoms with van der Waals surface area (Å²) in [5, 5.41) is 17.7. The number of hydrogen-bond acceptors (Lipinski definition) is 4. The van der Waals surface area contributed by atoms with Gasteiger partial charge in [-0.1, -0.05) is 6.07 Å². The van der Waals surface area contributed by atoms with Gasteiger partial charge in [0.1, 0.15) is 0 Å². The minimum Gasteiger partial charge on any atom is -0.423 e. The van der Waals surface area contributed by atoms with Gasteiger partial charge in [0.05, 0.1) is 0 Å². The molecular formula is C6H7BO2S2. The summed E-state index contributed by atoms with van der Waals surface area (Å²) in [7, 11) is -1.50. The molecule has 11 heavy (non-hydrogen) atoms. The second kappa shape index (κ2) is 3.54. The van der Waals surface area contributed by atoms with Crippen molar-refractivity contribution in [1.82, 2.24) is 0 Å². The Morgan fingerprint density at radius 3 is 1.82 bits per heavy atom. The van der Waals surface area contributed by atoms with Gasteiger partial charge in [0.25, 0.3) is 0 Å². The average Bonchev–Trinajstić information content (AvgIpc) is 1.85. The number of thiol groups is 2. The highest BCUT2D eigenvalue weighted by molar-refractivity contribution is 7.81. The molecule has 0 aliphatic rings. The maximum absolute atomic E-state index is 8.84. The lowest BCUT2D eigenvalue weighted by Crippen LogP contribution is -2.32. The third-order valence-electron chi connectivity index (χ3n) is 1.32. The highest BCUT2D eigenvalue weighted by Gasteiger charge is 2.16. The minimum absolute atomic E-state index is 0.346. The molecule has 0 spiro atoms. The Hall–Kier alpha value is -0.0951. The molecule has 58 valence electrons. The van der Waals surface area contributed by atoms with Gasteiger partial charge >= 0.3 is 7.12 Å². The molecule has 0 atom stereocenters. The second-order valence-electron chi connectivity index (χ2n) is 2.08. The van der Waals surface area contributed by atoms with Crippen LogP contribution in [0.5, 0.6) is 0 Å². The quantitative estimate of drug-likeness (QED) is 0.366. The molecular weight excluding hydrogens is 179 g/mol. The lowest BCUT2D eigenvalue weighted by molar-refractivity contribution is 0.424. The van der Waals surface area contributed by atoms with Crippen LogP contribution in [0.4, 0.5) is 0 Å². The first kappa shape index (κ1) is 9.00. The summed E-state index contributed by atoms with van der Waals surface area (Å²) in [5.74, 6) is 0. The van der Waals surface area contributed by atoms with E-state index in [0.29, 0.717) is 15.3 Å². The molecule has 0 fully saturated rings. The Kier molecular flexibility index (Phi) is 2.89. The predicted octanol–water partition coefficient (Wildman–Crippen LogP) is -0.0562. The van der Waals surface area contributed by atoms with Gasteiger partial charge in [0.15, 0.2) is 0 Å². The van der Waals surface area contributed by atoms with Crippen LogP contribution >= 0.6 is 25.3 Å².